The maximum atomic E-state index is 11.0. The third-order valence-electron chi connectivity index (χ3n) is 5.43. The number of nitrogens with zero attached hydrogens (tertiary/aromatic N) is 2. The van der Waals surface area contributed by atoms with Gasteiger partial charge < -0.3 is 14.1 Å². The zero-order chi connectivity index (χ0) is 19.3. The van der Waals surface area contributed by atoms with Crippen molar-refractivity contribution in [3.8, 4) is 0 Å². The van der Waals surface area contributed by atoms with E-state index >= 15 is 0 Å². The molecule has 1 aliphatic carbocycles. The highest BCUT2D eigenvalue weighted by atomic mass is 28.3. The lowest BCUT2D eigenvalue weighted by Gasteiger charge is -2.37. The molecule has 1 N–H and O–H groups in total. The summed E-state index contributed by atoms with van der Waals surface area (Å²) in [4.78, 5) is 4.49. The second-order valence-corrected chi connectivity index (χ2v) is 11.8. The Labute approximate surface area is 159 Å². The third-order valence-corrected chi connectivity index (χ3v) is 6.25. The molecule has 0 radical (unpaired) electrons. The normalized spacial score (nSPS) is 23.3. The summed E-state index contributed by atoms with van der Waals surface area (Å²) < 4.78 is 8.70. The fraction of sp³-hybridized carbons (Fsp3) is 0.571. The molecule has 2 aromatic rings. The third kappa shape index (κ3) is 3.17. The Balaban J connectivity index is 2.13. The highest BCUT2D eigenvalue weighted by Gasteiger charge is 2.48. The van der Waals surface area contributed by atoms with Crippen LogP contribution in [0, 0.1) is 10.8 Å². The molecule has 1 aliphatic rings. The maximum Gasteiger partial charge on any atom is 0.171 e. The molecule has 1 heterocycles. The molecular weight excluding hydrogens is 340 g/mol. The molecule has 4 nitrogen and oxygen atoms in total. The Morgan fingerprint density at radius 1 is 1.19 bits per heavy atom. The summed E-state index contributed by atoms with van der Waals surface area (Å²) in [5.74, 6) is 0. The summed E-state index contributed by atoms with van der Waals surface area (Å²) in [6.45, 7) is 15.3. The van der Waals surface area contributed by atoms with E-state index in [0.717, 1.165) is 11.3 Å². The summed E-state index contributed by atoms with van der Waals surface area (Å²) in [6, 6.07) is 8.26. The molecule has 3 unspecified atom stereocenters. The fourth-order valence-corrected chi connectivity index (χ4v) is 5.28. The number of hydrogen-bond donors (Lipinski definition) is 1. The smallest absolute Gasteiger partial charge is 0.171 e. The van der Waals surface area contributed by atoms with Crippen LogP contribution in [0.4, 0.5) is 0 Å². The summed E-state index contributed by atoms with van der Waals surface area (Å²) in [5.41, 5.74) is 2.94. The number of rotatable bonds is 4. The number of aliphatic hydroxyl groups is 1. The first-order valence-electron chi connectivity index (χ1n) is 9.49. The number of benzene rings is 1. The van der Waals surface area contributed by atoms with E-state index in [1.165, 1.54) is 5.56 Å². The van der Waals surface area contributed by atoms with Gasteiger partial charge in [-0.15, -0.1) is 0 Å². The van der Waals surface area contributed by atoms with Crippen molar-refractivity contribution in [2.24, 2.45) is 10.8 Å². The first kappa shape index (κ1) is 19.3. The Hall–Kier alpha value is -1.43. The fourth-order valence-electron chi connectivity index (χ4n) is 4.19. The van der Waals surface area contributed by atoms with Crippen LogP contribution < -0.4 is 0 Å². The van der Waals surface area contributed by atoms with Crippen molar-refractivity contribution in [2.45, 2.75) is 66.0 Å². The topological polar surface area (TPSA) is 47.3 Å². The lowest BCUT2D eigenvalue weighted by molar-refractivity contribution is 0.0346. The Kier molecular flexibility index (Phi) is 4.92. The average molecular weight is 373 g/mol. The van der Waals surface area contributed by atoms with Gasteiger partial charge in [0.2, 0.25) is 0 Å². The van der Waals surface area contributed by atoms with E-state index in [1.54, 1.807) is 0 Å². The minimum absolute atomic E-state index is 0.0163. The van der Waals surface area contributed by atoms with Crippen LogP contribution >= 0.6 is 0 Å². The zero-order valence-corrected chi connectivity index (χ0v) is 18.2. The molecule has 26 heavy (non-hydrogen) atoms. The number of imidazole rings is 1. The molecule has 0 fully saturated rings. The number of aliphatic hydroxyl groups excluding tert-OH is 1. The van der Waals surface area contributed by atoms with Crippen molar-refractivity contribution < 1.29 is 9.53 Å². The maximum absolute atomic E-state index is 11.0. The molecule has 5 heteroatoms. The van der Waals surface area contributed by atoms with Crippen molar-refractivity contribution >= 4 is 9.04 Å². The predicted molar refractivity (Wildman–Crippen MR) is 108 cm³/mol. The minimum atomic E-state index is -1.23. The van der Waals surface area contributed by atoms with Gasteiger partial charge in [-0.05, 0) is 29.6 Å². The summed E-state index contributed by atoms with van der Waals surface area (Å²) in [7, 11) is -1.23. The van der Waals surface area contributed by atoms with Gasteiger partial charge in [-0.1, -0.05) is 58.9 Å². The van der Waals surface area contributed by atoms with E-state index in [2.05, 4.69) is 69.4 Å². The molecule has 0 amide bonds. The van der Waals surface area contributed by atoms with Crippen LogP contribution in [0.25, 0.3) is 0 Å². The van der Waals surface area contributed by atoms with Crippen molar-refractivity contribution in [3.63, 3.8) is 0 Å². The number of aromatic nitrogens is 2. The van der Waals surface area contributed by atoms with Crippen molar-refractivity contribution in [3.05, 3.63) is 53.6 Å². The SMILES string of the molecule is C[SiH](C)OC(c1cncn1C1c2ccccc2C(O)C1(C)C)C(C)(C)C. The molecule has 1 aromatic carbocycles. The number of hydrogen-bond acceptors (Lipinski definition) is 3. The van der Waals surface area contributed by atoms with Crippen LogP contribution in [0.1, 0.15) is 69.7 Å². The van der Waals surface area contributed by atoms with E-state index in [1.807, 2.05) is 24.7 Å². The molecule has 0 saturated heterocycles. The van der Waals surface area contributed by atoms with Gasteiger partial charge in [-0.25, -0.2) is 4.98 Å². The van der Waals surface area contributed by atoms with E-state index in [4.69, 9.17) is 4.43 Å². The van der Waals surface area contributed by atoms with Crippen LogP contribution in [0.15, 0.2) is 36.8 Å². The highest BCUT2D eigenvalue weighted by molar-refractivity contribution is 6.48. The lowest BCUT2D eigenvalue weighted by Crippen LogP contribution is -2.32. The van der Waals surface area contributed by atoms with Crippen LogP contribution in [-0.2, 0) is 4.43 Å². The molecule has 3 atom stereocenters. The van der Waals surface area contributed by atoms with E-state index in [0.29, 0.717) is 0 Å². The molecule has 3 rings (SSSR count). The summed E-state index contributed by atoms with van der Waals surface area (Å²) in [6.07, 6.45) is 3.33. The van der Waals surface area contributed by atoms with Crippen LogP contribution in [0.3, 0.4) is 0 Å². The van der Waals surface area contributed by atoms with Crippen LogP contribution in [0.5, 0.6) is 0 Å². The largest absolute Gasteiger partial charge is 0.412 e. The zero-order valence-electron chi connectivity index (χ0n) is 17.0. The van der Waals surface area contributed by atoms with Gasteiger partial charge in [0.15, 0.2) is 9.04 Å². The van der Waals surface area contributed by atoms with Crippen molar-refractivity contribution in [1.82, 2.24) is 9.55 Å². The predicted octanol–water partition coefficient (Wildman–Crippen LogP) is 4.63. The van der Waals surface area contributed by atoms with E-state index in [9.17, 15) is 5.11 Å². The van der Waals surface area contributed by atoms with Gasteiger partial charge in [0, 0.05) is 5.41 Å². The van der Waals surface area contributed by atoms with Crippen molar-refractivity contribution in [1.29, 1.82) is 0 Å². The van der Waals surface area contributed by atoms with Gasteiger partial charge in [0.1, 0.15) is 0 Å². The number of fused-ring (bicyclic) bond motifs is 1. The van der Waals surface area contributed by atoms with Gasteiger partial charge in [-0.3, -0.25) is 0 Å². The average Bonchev–Trinajstić information content (AvgIpc) is 3.06. The Morgan fingerprint density at radius 3 is 2.38 bits per heavy atom. The second-order valence-electron chi connectivity index (χ2n) is 9.41. The summed E-state index contributed by atoms with van der Waals surface area (Å²) >= 11 is 0. The standard InChI is InChI=1S/C21H32N2O2Si/c1-20(2,3)19(25-26(6)7)16-12-22-13-23(16)17-14-10-8-9-11-15(14)18(24)21(17,4)5/h8-13,17-19,24,26H,1-7H3. The quantitative estimate of drug-likeness (QED) is 0.796. The van der Waals surface area contributed by atoms with Crippen LogP contribution in [-0.4, -0.2) is 23.7 Å². The molecule has 1 aromatic heterocycles. The lowest BCUT2D eigenvalue weighted by atomic mass is 9.82. The Bertz CT molecular complexity index is 776. The Morgan fingerprint density at radius 2 is 1.81 bits per heavy atom. The van der Waals surface area contributed by atoms with Gasteiger partial charge >= 0.3 is 0 Å². The molecule has 0 bridgehead atoms. The first-order chi connectivity index (χ1) is 12.0. The summed E-state index contributed by atoms with van der Waals surface area (Å²) in [5, 5.41) is 11.0. The van der Waals surface area contributed by atoms with Crippen molar-refractivity contribution in [2.75, 3.05) is 0 Å². The minimum Gasteiger partial charge on any atom is -0.412 e. The van der Waals surface area contributed by atoms with E-state index in [-0.39, 0.29) is 23.0 Å². The monoisotopic (exact) mass is 372 g/mol. The van der Waals surface area contributed by atoms with Gasteiger partial charge in [0.05, 0.1) is 36.5 Å². The first-order valence-corrected chi connectivity index (χ1v) is 12.3. The molecule has 0 spiro atoms. The second kappa shape index (κ2) is 6.62. The van der Waals surface area contributed by atoms with E-state index < -0.39 is 15.1 Å². The molecular formula is C21H32N2O2Si. The molecule has 0 aliphatic heterocycles. The highest BCUT2D eigenvalue weighted by Crippen LogP contribution is 2.55. The van der Waals surface area contributed by atoms with Gasteiger partial charge in [-0.2, -0.15) is 0 Å². The van der Waals surface area contributed by atoms with Gasteiger partial charge in [0.25, 0.3) is 0 Å². The molecule has 0 saturated carbocycles. The molecule has 142 valence electrons. The van der Waals surface area contributed by atoms with Crippen LogP contribution in [0.2, 0.25) is 13.1 Å².